The minimum atomic E-state index is -3.59. The molecule has 0 saturated heterocycles. The van der Waals surface area contributed by atoms with E-state index in [-0.39, 0.29) is 0 Å². The van der Waals surface area contributed by atoms with Crippen LogP contribution in [0.25, 0.3) is 0 Å². The lowest BCUT2D eigenvalue weighted by Crippen LogP contribution is -2.12. The molecule has 0 radical (unpaired) electrons. The fourth-order valence-electron chi connectivity index (χ4n) is 2.30. The third-order valence-electron chi connectivity index (χ3n) is 3.56. The SMILES string of the molecule is CCc1ccc(S(=O)(=O)Nc2ccc(Nc3cccc(C)c3)cn2)s1. The fourth-order valence-corrected chi connectivity index (χ4v) is 4.60. The topological polar surface area (TPSA) is 71.1 Å². The highest BCUT2D eigenvalue weighted by molar-refractivity contribution is 7.94. The van der Waals surface area contributed by atoms with Gasteiger partial charge in [0.1, 0.15) is 10.0 Å². The van der Waals surface area contributed by atoms with Gasteiger partial charge in [-0.2, -0.15) is 0 Å². The van der Waals surface area contributed by atoms with Crippen molar-refractivity contribution in [1.82, 2.24) is 4.98 Å². The number of aromatic nitrogens is 1. The van der Waals surface area contributed by atoms with Crippen molar-refractivity contribution in [3.05, 3.63) is 65.2 Å². The van der Waals surface area contributed by atoms with Gasteiger partial charge in [-0.05, 0) is 55.3 Å². The number of rotatable bonds is 6. The molecule has 7 heteroatoms. The van der Waals surface area contributed by atoms with E-state index in [2.05, 4.69) is 15.0 Å². The van der Waals surface area contributed by atoms with Crippen LogP contribution in [0.5, 0.6) is 0 Å². The molecular formula is C18H19N3O2S2. The molecule has 0 aliphatic carbocycles. The third-order valence-corrected chi connectivity index (χ3v) is 6.64. The van der Waals surface area contributed by atoms with Gasteiger partial charge in [-0.1, -0.05) is 19.1 Å². The first-order valence-electron chi connectivity index (χ1n) is 7.87. The van der Waals surface area contributed by atoms with Gasteiger partial charge in [0.05, 0.1) is 11.9 Å². The van der Waals surface area contributed by atoms with Crippen LogP contribution in [-0.2, 0) is 16.4 Å². The lowest BCUT2D eigenvalue weighted by Gasteiger charge is -2.09. The third kappa shape index (κ3) is 4.37. The second kappa shape index (κ2) is 7.25. The van der Waals surface area contributed by atoms with Crippen molar-refractivity contribution in [2.45, 2.75) is 24.5 Å². The molecule has 2 aromatic heterocycles. The second-order valence-electron chi connectivity index (χ2n) is 5.61. The highest BCUT2D eigenvalue weighted by Crippen LogP contribution is 2.24. The number of benzene rings is 1. The Kier molecular flexibility index (Phi) is 5.06. The molecule has 0 bridgehead atoms. The maximum atomic E-state index is 12.4. The molecule has 0 amide bonds. The monoisotopic (exact) mass is 373 g/mol. The van der Waals surface area contributed by atoms with E-state index in [0.717, 1.165) is 28.2 Å². The van der Waals surface area contributed by atoms with Crippen LogP contribution in [0.2, 0.25) is 0 Å². The Morgan fingerprint density at radius 3 is 2.56 bits per heavy atom. The highest BCUT2D eigenvalue weighted by Gasteiger charge is 2.17. The molecule has 0 fully saturated rings. The summed E-state index contributed by atoms with van der Waals surface area (Å²) in [5, 5.41) is 3.24. The van der Waals surface area contributed by atoms with E-state index in [1.807, 2.05) is 44.2 Å². The number of thiophene rings is 1. The first-order valence-corrected chi connectivity index (χ1v) is 10.2. The Balaban J connectivity index is 1.72. The number of hydrogen-bond acceptors (Lipinski definition) is 5. The summed E-state index contributed by atoms with van der Waals surface area (Å²) in [5.74, 6) is 0.293. The fraction of sp³-hybridized carbons (Fsp3) is 0.167. The van der Waals surface area contributed by atoms with E-state index >= 15 is 0 Å². The minimum absolute atomic E-state index is 0.293. The van der Waals surface area contributed by atoms with Crippen LogP contribution >= 0.6 is 11.3 Å². The van der Waals surface area contributed by atoms with Crippen LogP contribution in [0.1, 0.15) is 17.4 Å². The number of anilines is 3. The predicted molar refractivity (Wildman–Crippen MR) is 103 cm³/mol. The summed E-state index contributed by atoms with van der Waals surface area (Å²) in [5.41, 5.74) is 2.91. The number of nitrogens with zero attached hydrogens (tertiary/aromatic N) is 1. The first kappa shape index (κ1) is 17.4. The maximum Gasteiger partial charge on any atom is 0.272 e. The lowest BCUT2D eigenvalue weighted by molar-refractivity contribution is 0.603. The Morgan fingerprint density at radius 2 is 1.92 bits per heavy atom. The van der Waals surface area contributed by atoms with Crippen LogP contribution < -0.4 is 10.0 Å². The normalized spacial score (nSPS) is 11.3. The van der Waals surface area contributed by atoms with Gasteiger partial charge >= 0.3 is 0 Å². The molecule has 1 aromatic carbocycles. The summed E-state index contributed by atoms with van der Waals surface area (Å²) >= 11 is 1.27. The van der Waals surface area contributed by atoms with Crippen LogP contribution in [0, 0.1) is 6.92 Å². The lowest BCUT2D eigenvalue weighted by atomic mass is 10.2. The molecule has 5 nitrogen and oxygen atoms in total. The smallest absolute Gasteiger partial charge is 0.272 e. The van der Waals surface area contributed by atoms with Gasteiger partial charge in [-0.3, -0.25) is 4.72 Å². The Bertz CT molecular complexity index is 964. The van der Waals surface area contributed by atoms with E-state index in [4.69, 9.17) is 0 Å². The van der Waals surface area contributed by atoms with Gasteiger partial charge in [0.2, 0.25) is 0 Å². The molecule has 3 rings (SSSR count). The van der Waals surface area contributed by atoms with E-state index in [0.29, 0.717) is 10.0 Å². The van der Waals surface area contributed by atoms with Crippen LogP contribution in [0.15, 0.2) is 58.9 Å². The molecule has 3 aromatic rings. The van der Waals surface area contributed by atoms with E-state index in [1.54, 1.807) is 24.4 Å². The average Bonchev–Trinajstić information content (AvgIpc) is 3.07. The van der Waals surface area contributed by atoms with E-state index < -0.39 is 10.0 Å². The number of nitrogens with one attached hydrogen (secondary N) is 2. The summed E-state index contributed by atoms with van der Waals surface area (Å²) in [6.07, 6.45) is 2.42. The van der Waals surface area contributed by atoms with E-state index in [1.165, 1.54) is 11.3 Å². The summed E-state index contributed by atoms with van der Waals surface area (Å²) in [7, 11) is -3.59. The Labute approximate surface area is 151 Å². The van der Waals surface area contributed by atoms with Crippen LogP contribution in [-0.4, -0.2) is 13.4 Å². The average molecular weight is 374 g/mol. The molecule has 0 aliphatic rings. The zero-order chi connectivity index (χ0) is 17.9. The Morgan fingerprint density at radius 1 is 1.08 bits per heavy atom. The largest absolute Gasteiger partial charge is 0.354 e. The Hall–Kier alpha value is -2.38. The van der Waals surface area contributed by atoms with Crippen LogP contribution in [0.4, 0.5) is 17.2 Å². The second-order valence-corrected chi connectivity index (χ2v) is 8.68. The zero-order valence-corrected chi connectivity index (χ0v) is 15.6. The molecule has 0 unspecified atom stereocenters. The first-order chi connectivity index (χ1) is 12.0. The maximum absolute atomic E-state index is 12.4. The molecule has 0 aliphatic heterocycles. The summed E-state index contributed by atoms with van der Waals surface area (Å²) in [4.78, 5) is 5.22. The molecule has 0 spiro atoms. The van der Waals surface area contributed by atoms with Crippen molar-refractivity contribution in [2.24, 2.45) is 0 Å². The van der Waals surface area contributed by atoms with Gasteiger partial charge in [-0.15, -0.1) is 11.3 Å². The van der Waals surface area contributed by atoms with Gasteiger partial charge in [0.25, 0.3) is 10.0 Å². The molecule has 25 heavy (non-hydrogen) atoms. The van der Waals surface area contributed by atoms with Crippen molar-refractivity contribution in [3.8, 4) is 0 Å². The van der Waals surface area contributed by atoms with Gasteiger partial charge < -0.3 is 5.32 Å². The molecular weight excluding hydrogens is 354 g/mol. The van der Waals surface area contributed by atoms with Crippen molar-refractivity contribution in [2.75, 3.05) is 10.0 Å². The summed E-state index contributed by atoms with van der Waals surface area (Å²) in [6.45, 7) is 4.02. The molecule has 0 saturated carbocycles. The zero-order valence-electron chi connectivity index (χ0n) is 14.0. The minimum Gasteiger partial charge on any atom is -0.354 e. The molecule has 2 N–H and O–H groups in total. The summed E-state index contributed by atoms with van der Waals surface area (Å²) in [6, 6.07) is 14.9. The van der Waals surface area contributed by atoms with Crippen molar-refractivity contribution >= 4 is 38.6 Å². The number of hydrogen-bond donors (Lipinski definition) is 2. The number of aryl methyl sites for hydroxylation is 2. The highest BCUT2D eigenvalue weighted by atomic mass is 32.2. The van der Waals surface area contributed by atoms with Gasteiger partial charge in [-0.25, -0.2) is 13.4 Å². The van der Waals surface area contributed by atoms with Crippen molar-refractivity contribution < 1.29 is 8.42 Å². The number of pyridine rings is 1. The summed E-state index contributed by atoms with van der Waals surface area (Å²) < 4.78 is 27.6. The quantitative estimate of drug-likeness (QED) is 0.664. The standard InChI is InChI=1S/C18H19N3O2S2/c1-3-16-8-10-18(24-16)25(22,23)21-17-9-7-15(12-19-17)20-14-6-4-5-13(2)11-14/h4-12,20H,3H2,1-2H3,(H,19,21). The van der Waals surface area contributed by atoms with E-state index in [9.17, 15) is 8.42 Å². The van der Waals surface area contributed by atoms with Gasteiger partial charge in [0, 0.05) is 10.6 Å². The molecule has 2 heterocycles. The predicted octanol–water partition coefficient (Wildman–Crippen LogP) is 4.56. The molecule has 0 atom stereocenters. The van der Waals surface area contributed by atoms with Crippen molar-refractivity contribution in [3.63, 3.8) is 0 Å². The number of sulfonamides is 1. The van der Waals surface area contributed by atoms with Crippen LogP contribution in [0.3, 0.4) is 0 Å². The van der Waals surface area contributed by atoms with Crippen molar-refractivity contribution in [1.29, 1.82) is 0 Å². The van der Waals surface area contributed by atoms with Gasteiger partial charge in [0.15, 0.2) is 0 Å². The molecule has 130 valence electrons.